The maximum atomic E-state index is 12.2. The van der Waals surface area contributed by atoms with E-state index in [-0.39, 0.29) is 24.4 Å². The fourth-order valence-electron chi connectivity index (χ4n) is 2.86. The van der Waals surface area contributed by atoms with Gasteiger partial charge in [0.2, 0.25) is 5.91 Å². The Morgan fingerprint density at radius 2 is 2.07 bits per heavy atom. The van der Waals surface area contributed by atoms with Gasteiger partial charge >= 0.3 is 0 Å². The summed E-state index contributed by atoms with van der Waals surface area (Å²) in [7, 11) is 1.58. The maximum Gasteiger partial charge on any atom is 0.266 e. The number of ether oxygens (including phenoxy) is 1. The number of carbonyl (C=O) groups is 1. The van der Waals surface area contributed by atoms with Crippen molar-refractivity contribution in [2.45, 2.75) is 19.4 Å². The molecule has 0 aliphatic rings. The second kappa shape index (κ2) is 9.72. The normalized spacial score (nSPS) is 10.3. The third-order valence-electron chi connectivity index (χ3n) is 4.38. The molecule has 0 aliphatic heterocycles. The molecule has 1 N–H and O–H groups in total. The molecule has 0 aliphatic carbocycles. The lowest BCUT2D eigenvalue weighted by Gasteiger charge is -2.09. The zero-order chi connectivity index (χ0) is 21.5. The lowest BCUT2D eigenvalue weighted by Crippen LogP contribution is -2.23. The van der Waals surface area contributed by atoms with Crippen LogP contribution in [-0.2, 0) is 11.3 Å². The first kappa shape index (κ1) is 21.1. The lowest BCUT2D eigenvalue weighted by atomic mass is 10.1. The second-order valence-corrected chi connectivity index (χ2v) is 6.90. The van der Waals surface area contributed by atoms with Gasteiger partial charge in [0.05, 0.1) is 24.1 Å². The molecule has 0 saturated heterocycles. The molecule has 0 saturated carbocycles. The van der Waals surface area contributed by atoms with Gasteiger partial charge in [-0.3, -0.25) is 9.59 Å². The number of nitriles is 1. The number of benzene rings is 2. The van der Waals surface area contributed by atoms with Crippen molar-refractivity contribution < 1.29 is 9.53 Å². The highest BCUT2D eigenvalue weighted by atomic mass is 35.5. The molecule has 2 aromatic carbocycles. The Balaban J connectivity index is 1.65. The number of nitrogens with one attached hydrogen (secondary N) is 1. The van der Waals surface area contributed by atoms with E-state index in [1.54, 1.807) is 25.3 Å². The van der Waals surface area contributed by atoms with E-state index in [1.165, 1.54) is 16.8 Å². The average Bonchev–Trinajstić information content (AvgIpc) is 2.75. The molecular formula is C22H19ClN4O3. The molecule has 0 fully saturated rings. The van der Waals surface area contributed by atoms with Crippen LogP contribution in [0.25, 0.3) is 11.3 Å². The third kappa shape index (κ3) is 5.25. The van der Waals surface area contributed by atoms with Crippen LogP contribution < -0.4 is 15.6 Å². The topological polar surface area (TPSA) is 97.0 Å². The number of aromatic nitrogens is 2. The molecule has 152 valence electrons. The Labute approximate surface area is 178 Å². The van der Waals surface area contributed by atoms with Gasteiger partial charge in [-0.15, -0.1) is 0 Å². The van der Waals surface area contributed by atoms with Crippen LogP contribution in [0.4, 0.5) is 5.69 Å². The molecule has 3 aromatic rings. The molecule has 0 unspecified atom stereocenters. The van der Waals surface area contributed by atoms with Gasteiger partial charge in [-0.1, -0.05) is 23.7 Å². The smallest absolute Gasteiger partial charge is 0.266 e. The Morgan fingerprint density at radius 3 is 2.83 bits per heavy atom. The summed E-state index contributed by atoms with van der Waals surface area (Å²) in [5, 5.41) is 16.6. The van der Waals surface area contributed by atoms with Crippen molar-refractivity contribution >= 4 is 23.2 Å². The summed E-state index contributed by atoms with van der Waals surface area (Å²) in [5.41, 5.74) is 1.91. The highest BCUT2D eigenvalue weighted by Crippen LogP contribution is 2.22. The molecule has 8 heteroatoms. The van der Waals surface area contributed by atoms with Crippen molar-refractivity contribution in [1.82, 2.24) is 9.78 Å². The van der Waals surface area contributed by atoms with Crippen molar-refractivity contribution in [2.75, 3.05) is 12.4 Å². The molecule has 1 aromatic heterocycles. The van der Waals surface area contributed by atoms with Gasteiger partial charge < -0.3 is 10.1 Å². The SMILES string of the molecule is COc1cccc(-c2ccc(=O)n(CCCC(=O)Nc3cc(Cl)ccc3C#N)n2)c1. The molecule has 1 amide bonds. The first-order valence-corrected chi connectivity index (χ1v) is 9.60. The summed E-state index contributed by atoms with van der Waals surface area (Å²) in [6.45, 7) is 0.282. The fourth-order valence-corrected chi connectivity index (χ4v) is 3.04. The van der Waals surface area contributed by atoms with E-state index in [2.05, 4.69) is 10.4 Å². The van der Waals surface area contributed by atoms with Crippen LogP contribution in [0.3, 0.4) is 0 Å². The largest absolute Gasteiger partial charge is 0.497 e. The number of anilines is 1. The van der Waals surface area contributed by atoms with Crippen molar-refractivity contribution in [3.8, 4) is 23.1 Å². The summed E-state index contributed by atoms with van der Waals surface area (Å²) in [5.74, 6) is 0.423. The lowest BCUT2D eigenvalue weighted by molar-refractivity contribution is -0.116. The minimum Gasteiger partial charge on any atom is -0.497 e. The van der Waals surface area contributed by atoms with Gasteiger partial charge in [0.15, 0.2) is 0 Å². The van der Waals surface area contributed by atoms with E-state index >= 15 is 0 Å². The van der Waals surface area contributed by atoms with Crippen LogP contribution in [-0.4, -0.2) is 22.8 Å². The van der Waals surface area contributed by atoms with E-state index < -0.39 is 0 Å². The van der Waals surface area contributed by atoms with Crippen LogP contribution in [0.5, 0.6) is 5.75 Å². The number of nitrogens with zero attached hydrogens (tertiary/aromatic N) is 3. The van der Waals surface area contributed by atoms with Gasteiger partial charge in [-0.25, -0.2) is 4.68 Å². The highest BCUT2D eigenvalue weighted by Gasteiger charge is 2.09. The molecule has 0 atom stereocenters. The number of rotatable bonds is 7. The van der Waals surface area contributed by atoms with Gasteiger partial charge in [0.1, 0.15) is 11.8 Å². The molecular weight excluding hydrogens is 404 g/mol. The number of aryl methyl sites for hydroxylation is 1. The second-order valence-electron chi connectivity index (χ2n) is 6.47. The van der Waals surface area contributed by atoms with Crippen molar-refractivity contribution in [3.05, 3.63) is 75.5 Å². The number of halogens is 1. The van der Waals surface area contributed by atoms with Gasteiger partial charge in [-0.2, -0.15) is 10.4 Å². The van der Waals surface area contributed by atoms with E-state index in [4.69, 9.17) is 21.6 Å². The van der Waals surface area contributed by atoms with E-state index in [0.29, 0.717) is 34.1 Å². The standard InChI is InChI=1S/C22H19ClN4O3/c1-30-18-5-2-4-15(12-18)19-9-10-22(29)27(26-19)11-3-6-21(28)25-20-13-17(23)8-7-16(20)14-24/h2,4-5,7-10,12-13H,3,6,11H2,1H3,(H,25,28). The van der Waals surface area contributed by atoms with Crippen molar-refractivity contribution in [3.63, 3.8) is 0 Å². The van der Waals surface area contributed by atoms with Gasteiger partial charge in [-0.05, 0) is 42.8 Å². The highest BCUT2D eigenvalue weighted by molar-refractivity contribution is 6.31. The molecule has 1 heterocycles. The molecule has 0 spiro atoms. The van der Waals surface area contributed by atoms with Crippen LogP contribution in [0.2, 0.25) is 5.02 Å². The number of methoxy groups -OCH3 is 1. The molecule has 7 nitrogen and oxygen atoms in total. The number of hydrogen-bond donors (Lipinski definition) is 1. The number of amides is 1. The zero-order valence-corrected chi connectivity index (χ0v) is 17.0. The third-order valence-corrected chi connectivity index (χ3v) is 4.62. The van der Waals surface area contributed by atoms with E-state index in [1.807, 2.05) is 30.3 Å². The Morgan fingerprint density at radius 1 is 1.23 bits per heavy atom. The minimum atomic E-state index is -0.272. The number of carbonyl (C=O) groups excluding carboxylic acids is 1. The van der Waals surface area contributed by atoms with Crippen LogP contribution in [0, 0.1) is 11.3 Å². The van der Waals surface area contributed by atoms with Crippen molar-refractivity contribution in [2.24, 2.45) is 0 Å². The van der Waals surface area contributed by atoms with Crippen LogP contribution >= 0.6 is 11.6 Å². The monoisotopic (exact) mass is 422 g/mol. The maximum absolute atomic E-state index is 12.2. The van der Waals surface area contributed by atoms with Crippen LogP contribution in [0.1, 0.15) is 18.4 Å². The fraction of sp³-hybridized carbons (Fsp3) is 0.182. The molecule has 3 rings (SSSR count). The quantitative estimate of drug-likeness (QED) is 0.623. The Kier molecular flexibility index (Phi) is 6.83. The summed E-state index contributed by atoms with van der Waals surface area (Å²) in [6, 6.07) is 17.2. The first-order valence-electron chi connectivity index (χ1n) is 9.22. The predicted molar refractivity (Wildman–Crippen MR) is 115 cm³/mol. The molecule has 30 heavy (non-hydrogen) atoms. The van der Waals surface area contributed by atoms with E-state index in [9.17, 15) is 9.59 Å². The first-order chi connectivity index (χ1) is 14.5. The van der Waals surface area contributed by atoms with Gasteiger partial charge in [0.25, 0.3) is 5.56 Å². The Bertz CT molecular complexity index is 1170. The Hall–Kier alpha value is -3.63. The molecule has 0 radical (unpaired) electrons. The summed E-state index contributed by atoms with van der Waals surface area (Å²) >= 11 is 5.93. The summed E-state index contributed by atoms with van der Waals surface area (Å²) in [4.78, 5) is 24.4. The average molecular weight is 423 g/mol. The zero-order valence-electron chi connectivity index (χ0n) is 16.3. The minimum absolute atomic E-state index is 0.162. The van der Waals surface area contributed by atoms with Crippen molar-refractivity contribution in [1.29, 1.82) is 5.26 Å². The van der Waals surface area contributed by atoms with Gasteiger partial charge in [0, 0.05) is 29.6 Å². The van der Waals surface area contributed by atoms with Crippen LogP contribution in [0.15, 0.2) is 59.4 Å². The van der Waals surface area contributed by atoms with E-state index in [0.717, 1.165) is 5.56 Å². The predicted octanol–water partition coefficient (Wildman–Crippen LogP) is 3.86. The summed E-state index contributed by atoms with van der Waals surface area (Å²) < 4.78 is 6.56. The number of hydrogen-bond acceptors (Lipinski definition) is 5. The summed E-state index contributed by atoms with van der Waals surface area (Å²) in [6.07, 6.45) is 0.567. The molecule has 0 bridgehead atoms.